The molecule has 2 atom stereocenters. The Bertz CT molecular complexity index is 812. The van der Waals surface area contributed by atoms with E-state index in [0.717, 1.165) is 16.5 Å². The van der Waals surface area contributed by atoms with Crippen molar-refractivity contribution in [1.29, 1.82) is 0 Å². The highest BCUT2D eigenvalue weighted by Crippen LogP contribution is 2.31. The van der Waals surface area contributed by atoms with Crippen LogP contribution < -0.4 is 10.2 Å². The van der Waals surface area contributed by atoms with Crippen molar-refractivity contribution in [3.05, 3.63) is 42.5 Å². The molecule has 6 heteroatoms. The van der Waals surface area contributed by atoms with Gasteiger partial charge in [-0.1, -0.05) is 36.4 Å². The first kappa shape index (κ1) is 16.0. The zero-order valence-electron chi connectivity index (χ0n) is 13.2. The van der Waals surface area contributed by atoms with E-state index in [4.69, 9.17) is 5.11 Å². The van der Waals surface area contributed by atoms with Crippen LogP contribution in [0, 0.1) is 5.92 Å². The summed E-state index contributed by atoms with van der Waals surface area (Å²) in [6.07, 6.45) is 0.0847. The van der Waals surface area contributed by atoms with Gasteiger partial charge in [0.15, 0.2) is 0 Å². The van der Waals surface area contributed by atoms with Gasteiger partial charge in [-0.2, -0.15) is 0 Å². The van der Waals surface area contributed by atoms with Crippen LogP contribution in [-0.2, 0) is 14.4 Å². The molecule has 24 heavy (non-hydrogen) atoms. The number of fused-ring (bicyclic) bond motifs is 1. The number of amides is 2. The van der Waals surface area contributed by atoms with Gasteiger partial charge in [0.1, 0.15) is 6.04 Å². The van der Waals surface area contributed by atoms with Crippen LogP contribution in [0.4, 0.5) is 5.69 Å². The maximum atomic E-state index is 12.4. The smallest absolute Gasteiger partial charge is 0.325 e. The molecule has 0 aromatic heterocycles. The van der Waals surface area contributed by atoms with Crippen LogP contribution in [0.1, 0.15) is 13.3 Å². The largest absolute Gasteiger partial charge is 0.480 e. The Balaban J connectivity index is 1.82. The lowest BCUT2D eigenvalue weighted by atomic mass is 10.1. The number of anilines is 1. The molecule has 2 N–H and O–H groups in total. The summed E-state index contributed by atoms with van der Waals surface area (Å²) in [5.74, 6) is -2.17. The van der Waals surface area contributed by atoms with E-state index >= 15 is 0 Å². The number of nitrogens with zero attached hydrogens (tertiary/aromatic N) is 1. The molecule has 2 unspecified atom stereocenters. The maximum Gasteiger partial charge on any atom is 0.325 e. The lowest BCUT2D eigenvalue weighted by Crippen LogP contribution is -2.42. The average molecular weight is 326 g/mol. The summed E-state index contributed by atoms with van der Waals surface area (Å²) >= 11 is 0. The Morgan fingerprint density at radius 1 is 1.21 bits per heavy atom. The summed E-state index contributed by atoms with van der Waals surface area (Å²) < 4.78 is 0. The zero-order valence-corrected chi connectivity index (χ0v) is 13.2. The van der Waals surface area contributed by atoms with Crippen molar-refractivity contribution in [2.24, 2.45) is 5.92 Å². The second-order valence-corrected chi connectivity index (χ2v) is 5.97. The van der Waals surface area contributed by atoms with Gasteiger partial charge in [0.25, 0.3) is 0 Å². The molecule has 0 bridgehead atoms. The lowest BCUT2D eigenvalue weighted by Gasteiger charge is -2.19. The summed E-state index contributed by atoms with van der Waals surface area (Å²) in [6, 6.07) is 12.5. The molecular formula is C18H18N2O4. The van der Waals surface area contributed by atoms with E-state index < -0.39 is 23.8 Å². The highest BCUT2D eigenvalue weighted by atomic mass is 16.4. The van der Waals surface area contributed by atoms with Crippen molar-refractivity contribution >= 4 is 34.2 Å². The van der Waals surface area contributed by atoms with Crippen LogP contribution in [0.5, 0.6) is 0 Å². The molecule has 1 heterocycles. The number of carbonyl (C=O) groups excluding carboxylic acids is 2. The molecule has 0 radical (unpaired) electrons. The number of rotatable bonds is 4. The molecule has 2 aromatic carbocycles. The van der Waals surface area contributed by atoms with Gasteiger partial charge in [-0.15, -0.1) is 0 Å². The van der Waals surface area contributed by atoms with Crippen LogP contribution >= 0.6 is 0 Å². The number of hydrogen-bond acceptors (Lipinski definition) is 3. The third-order valence-electron chi connectivity index (χ3n) is 4.28. The Hall–Kier alpha value is -2.89. The van der Waals surface area contributed by atoms with Crippen LogP contribution in [0.2, 0.25) is 0 Å². The number of nitrogens with one attached hydrogen (secondary N) is 1. The zero-order chi connectivity index (χ0) is 17.3. The van der Waals surface area contributed by atoms with Crippen molar-refractivity contribution in [3.63, 3.8) is 0 Å². The number of aliphatic carboxylic acids is 1. The second-order valence-electron chi connectivity index (χ2n) is 5.97. The van der Waals surface area contributed by atoms with E-state index in [9.17, 15) is 14.4 Å². The minimum Gasteiger partial charge on any atom is -0.480 e. The molecule has 2 aromatic rings. The van der Waals surface area contributed by atoms with Crippen LogP contribution in [0.3, 0.4) is 0 Å². The van der Waals surface area contributed by atoms with Gasteiger partial charge in [0.05, 0.1) is 11.6 Å². The first-order valence-corrected chi connectivity index (χ1v) is 7.78. The van der Waals surface area contributed by atoms with Crippen molar-refractivity contribution in [3.8, 4) is 0 Å². The molecule has 0 saturated carbocycles. The Morgan fingerprint density at radius 3 is 2.67 bits per heavy atom. The first-order valence-electron chi connectivity index (χ1n) is 7.78. The minimum atomic E-state index is -1.10. The first-order chi connectivity index (χ1) is 11.5. The highest BCUT2D eigenvalue weighted by molar-refractivity contribution is 6.07. The Morgan fingerprint density at radius 2 is 1.92 bits per heavy atom. The fraction of sp³-hybridized carbons (Fsp3) is 0.278. The van der Waals surface area contributed by atoms with E-state index in [2.05, 4.69) is 5.32 Å². The summed E-state index contributed by atoms with van der Waals surface area (Å²) in [5, 5.41) is 13.3. The number of hydrogen-bond donors (Lipinski definition) is 2. The quantitative estimate of drug-likeness (QED) is 0.897. The van der Waals surface area contributed by atoms with Crippen molar-refractivity contribution in [1.82, 2.24) is 5.32 Å². The van der Waals surface area contributed by atoms with Gasteiger partial charge in [0.2, 0.25) is 11.8 Å². The van der Waals surface area contributed by atoms with E-state index in [1.54, 1.807) is 4.90 Å². The molecule has 3 rings (SSSR count). The molecule has 1 aliphatic rings. The molecule has 2 amide bonds. The van der Waals surface area contributed by atoms with E-state index in [1.165, 1.54) is 6.92 Å². The normalized spacial score (nSPS) is 18.6. The second kappa shape index (κ2) is 6.31. The third-order valence-corrected chi connectivity index (χ3v) is 4.28. The molecule has 0 spiro atoms. The van der Waals surface area contributed by atoms with E-state index in [-0.39, 0.29) is 18.9 Å². The molecular weight excluding hydrogens is 308 g/mol. The highest BCUT2D eigenvalue weighted by Gasteiger charge is 2.36. The molecule has 124 valence electrons. The minimum absolute atomic E-state index is 0.0847. The number of carbonyl (C=O) groups is 3. The average Bonchev–Trinajstić information content (AvgIpc) is 2.96. The van der Waals surface area contributed by atoms with Crippen molar-refractivity contribution in [2.45, 2.75) is 19.4 Å². The van der Waals surface area contributed by atoms with Gasteiger partial charge >= 0.3 is 5.97 Å². The maximum absolute atomic E-state index is 12.4. The predicted molar refractivity (Wildman–Crippen MR) is 89.6 cm³/mol. The standard InChI is InChI=1S/C18H18N2O4/c1-11(18(23)24)19-17(22)13-9-16(21)20(10-13)15-8-4-6-12-5-2-3-7-14(12)15/h2-8,11,13H,9-10H2,1H3,(H,19,22)(H,23,24). The van der Waals surface area contributed by atoms with Crippen LogP contribution in [0.15, 0.2) is 42.5 Å². The van der Waals surface area contributed by atoms with Crippen molar-refractivity contribution < 1.29 is 19.5 Å². The molecule has 1 saturated heterocycles. The lowest BCUT2D eigenvalue weighted by molar-refractivity contribution is -0.141. The Kier molecular flexibility index (Phi) is 4.20. The topological polar surface area (TPSA) is 86.7 Å². The molecule has 6 nitrogen and oxygen atoms in total. The monoisotopic (exact) mass is 326 g/mol. The van der Waals surface area contributed by atoms with Crippen LogP contribution in [0.25, 0.3) is 10.8 Å². The van der Waals surface area contributed by atoms with Gasteiger partial charge in [-0.05, 0) is 18.4 Å². The van der Waals surface area contributed by atoms with Crippen molar-refractivity contribution in [2.75, 3.05) is 11.4 Å². The van der Waals surface area contributed by atoms with Gasteiger partial charge in [0, 0.05) is 18.4 Å². The number of benzene rings is 2. The number of carboxylic acid groups (broad SMARTS) is 1. The molecule has 0 aliphatic carbocycles. The van der Waals surface area contributed by atoms with Gasteiger partial charge in [-0.3, -0.25) is 14.4 Å². The molecule has 1 aliphatic heterocycles. The summed E-state index contributed by atoms with van der Waals surface area (Å²) in [7, 11) is 0. The predicted octanol–water partition coefficient (Wildman–Crippen LogP) is 1.78. The number of carboxylic acids is 1. The van der Waals surface area contributed by atoms with E-state index in [0.29, 0.717) is 0 Å². The fourth-order valence-corrected chi connectivity index (χ4v) is 2.95. The van der Waals surface area contributed by atoms with Crippen LogP contribution in [-0.4, -0.2) is 35.5 Å². The van der Waals surface area contributed by atoms with Gasteiger partial charge < -0.3 is 15.3 Å². The van der Waals surface area contributed by atoms with Gasteiger partial charge in [-0.25, -0.2) is 0 Å². The Labute approximate surface area is 139 Å². The molecule has 1 fully saturated rings. The van der Waals surface area contributed by atoms with E-state index in [1.807, 2.05) is 42.5 Å². The third kappa shape index (κ3) is 2.95. The SMILES string of the molecule is CC(NC(=O)C1CC(=O)N(c2cccc3ccccc23)C1)C(=O)O. The fourth-order valence-electron chi connectivity index (χ4n) is 2.95. The summed E-state index contributed by atoms with van der Waals surface area (Å²) in [5.41, 5.74) is 0.777. The summed E-state index contributed by atoms with van der Waals surface area (Å²) in [6.45, 7) is 1.66. The summed E-state index contributed by atoms with van der Waals surface area (Å²) in [4.78, 5) is 37.0.